The van der Waals surface area contributed by atoms with E-state index < -0.39 is 147 Å². The number of carbonyl (C=O) groups excluding carboxylic acids is 8. The summed E-state index contributed by atoms with van der Waals surface area (Å²) in [4.78, 5) is 132. The van der Waals surface area contributed by atoms with Gasteiger partial charge in [-0.05, 0) is 19.3 Å². The third-order valence-electron chi connectivity index (χ3n) is 7.01. The molecule has 0 bridgehead atoms. The molecule has 0 aromatic heterocycles. The Labute approximate surface area is 306 Å². The highest BCUT2D eigenvalue weighted by molar-refractivity contribution is 5.97. The van der Waals surface area contributed by atoms with Crippen molar-refractivity contribution >= 4 is 65.2 Å². The number of amides is 8. The second kappa shape index (κ2) is 24.3. The lowest BCUT2D eigenvalue weighted by molar-refractivity contribution is -0.143. The van der Waals surface area contributed by atoms with Crippen LogP contribution in [0.1, 0.15) is 40.0 Å². The number of hydrogen-bond donors (Lipinski definition) is 14. The van der Waals surface area contributed by atoms with Crippen LogP contribution in [0.25, 0.3) is 0 Å². The fourth-order valence-corrected chi connectivity index (χ4v) is 3.87. The average Bonchev–Trinajstić information content (AvgIpc) is 3.09. The molecule has 6 unspecified atom stereocenters. The van der Waals surface area contributed by atoms with Crippen LogP contribution in [0, 0.1) is 5.92 Å². The molecule has 0 aliphatic rings. The molecule has 8 amide bonds. The number of carbonyl (C=O) groups is 11. The van der Waals surface area contributed by atoms with Crippen LogP contribution >= 0.6 is 0 Å². The van der Waals surface area contributed by atoms with Crippen molar-refractivity contribution in [2.75, 3.05) is 32.8 Å². The number of rotatable bonds is 25. The maximum atomic E-state index is 12.9. The summed E-state index contributed by atoms with van der Waals surface area (Å²) >= 11 is 0. The second-order valence-corrected chi connectivity index (χ2v) is 11.8. The van der Waals surface area contributed by atoms with E-state index in [-0.39, 0.29) is 12.3 Å². The average molecular weight is 778 g/mol. The largest absolute Gasteiger partial charge is 0.481 e. The highest BCUT2D eigenvalue weighted by Gasteiger charge is 2.31. The van der Waals surface area contributed by atoms with Crippen LogP contribution in [-0.2, 0) is 52.7 Å². The predicted octanol–water partition coefficient (Wildman–Crippen LogP) is -7.83. The van der Waals surface area contributed by atoms with E-state index in [0.29, 0.717) is 0 Å². The molecular formula is C29H47N9O16. The van der Waals surface area contributed by atoms with Crippen molar-refractivity contribution in [2.45, 2.75) is 76.3 Å². The Balaban J connectivity index is 5.24. The molecule has 25 heteroatoms. The minimum atomic E-state index is -1.87. The molecule has 0 saturated heterocycles. The van der Waals surface area contributed by atoms with Gasteiger partial charge in [0.1, 0.15) is 30.2 Å². The first-order valence-electron chi connectivity index (χ1n) is 16.1. The van der Waals surface area contributed by atoms with Crippen molar-refractivity contribution in [3.63, 3.8) is 0 Å². The number of carboxylic acid groups (broad SMARTS) is 3. The summed E-state index contributed by atoms with van der Waals surface area (Å²) in [5, 5.41) is 62.4. The lowest BCUT2D eigenvalue weighted by Gasteiger charge is -2.23. The van der Waals surface area contributed by atoms with Gasteiger partial charge in [0, 0.05) is 6.42 Å². The first kappa shape index (κ1) is 48.0. The molecule has 6 atom stereocenters. The van der Waals surface area contributed by atoms with E-state index in [4.69, 9.17) is 21.1 Å². The van der Waals surface area contributed by atoms with Gasteiger partial charge in [0.15, 0.2) is 0 Å². The smallest absolute Gasteiger partial charge is 0.328 e. The van der Waals surface area contributed by atoms with Crippen molar-refractivity contribution < 1.29 is 78.3 Å². The van der Waals surface area contributed by atoms with Gasteiger partial charge in [-0.25, -0.2) is 4.79 Å². The number of nitrogens with one attached hydrogen (secondary N) is 8. The summed E-state index contributed by atoms with van der Waals surface area (Å²) in [6.45, 7) is 0.120. The molecule has 0 heterocycles. The van der Waals surface area contributed by atoms with Crippen LogP contribution in [-0.4, -0.2) is 160 Å². The van der Waals surface area contributed by atoms with Gasteiger partial charge in [0.2, 0.25) is 47.3 Å². The molecule has 0 rings (SSSR count). The summed E-state index contributed by atoms with van der Waals surface area (Å²) in [5.41, 5.74) is 5.76. The number of aliphatic hydroxyl groups excluding tert-OH is 2. The molecule has 15 N–H and O–H groups in total. The molecule has 304 valence electrons. The third-order valence-corrected chi connectivity index (χ3v) is 7.01. The van der Waals surface area contributed by atoms with Crippen molar-refractivity contribution in [1.82, 2.24) is 42.5 Å². The Morgan fingerprint density at radius 1 is 0.519 bits per heavy atom. The van der Waals surface area contributed by atoms with Crippen LogP contribution in [0.5, 0.6) is 0 Å². The molecule has 0 aliphatic heterocycles. The van der Waals surface area contributed by atoms with Crippen LogP contribution in [0.15, 0.2) is 0 Å². The van der Waals surface area contributed by atoms with Crippen LogP contribution in [0.2, 0.25) is 0 Å². The van der Waals surface area contributed by atoms with Gasteiger partial charge in [0.05, 0.1) is 45.3 Å². The van der Waals surface area contributed by atoms with Crippen molar-refractivity contribution in [3.05, 3.63) is 0 Å². The number of hydrogen-bond acceptors (Lipinski definition) is 14. The van der Waals surface area contributed by atoms with Crippen molar-refractivity contribution in [3.8, 4) is 0 Å². The first-order chi connectivity index (χ1) is 25.1. The SMILES string of the molecule is CC(NC(=O)C(CO)NC(=O)C(CC(=O)O)NC(=O)CNC(=O)C(CCC(=O)O)NC(=O)C(N)C(C)C)C(=O)NCC(=O)NCC(=O)NC(CO)C(=O)O. The van der Waals surface area contributed by atoms with E-state index in [0.717, 1.165) is 6.92 Å². The zero-order chi connectivity index (χ0) is 41.7. The summed E-state index contributed by atoms with van der Waals surface area (Å²) in [6.07, 6.45) is -1.97. The van der Waals surface area contributed by atoms with E-state index >= 15 is 0 Å². The van der Waals surface area contributed by atoms with E-state index in [1.165, 1.54) is 0 Å². The second-order valence-electron chi connectivity index (χ2n) is 11.8. The zero-order valence-corrected chi connectivity index (χ0v) is 29.5. The number of aliphatic carboxylic acids is 3. The maximum absolute atomic E-state index is 12.9. The van der Waals surface area contributed by atoms with E-state index in [1.807, 2.05) is 16.0 Å². The zero-order valence-electron chi connectivity index (χ0n) is 29.5. The molecule has 0 spiro atoms. The molecular weight excluding hydrogens is 730 g/mol. The Morgan fingerprint density at radius 3 is 1.50 bits per heavy atom. The number of carboxylic acids is 3. The minimum absolute atomic E-state index is 0.340. The third kappa shape index (κ3) is 19.0. The van der Waals surface area contributed by atoms with Gasteiger partial charge in [-0.2, -0.15) is 0 Å². The fraction of sp³-hybridized carbons (Fsp3) is 0.621. The van der Waals surface area contributed by atoms with Gasteiger partial charge in [-0.15, -0.1) is 0 Å². The standard InChI is InChI=1S/C29H47N9O16/c1-12(2)23(30)28(52)37-14(4-5-21(44)45)25(49)33-9-20(43)35-15(6-22(46)47)26(50)38-16(10-39)27(51)34-13(3)24(48)32-7-18(41)31-8-19(42)36-17(11-40)29(53)54/h12-17,23,39-40H,4-11,30H2,1-3H3,(H,31,41)(H,32,48)(H,33,49)(H,34,51)(H,35,43)(H,36,42)(H,37,52)(H,38,50)(H,44,45)(H,46,47)(H,53,54). The number of nitrogens with two attached hydrogens (primary N) is 1. The molecule has 0 aromatic rings. The van der Waals surface area contributed by atoms with E-state index in [9.17, 15) is 63.0 Å². The first-order valence-corrected chi connectivity index (χ1v) is 16.1. The molecule has 0 fully saturated rings. The van der Waals surface area contributed by atoms with Gasteiger partial charge < -0.3 is 73.8 Å². The summed E-state index contributed by atoms with van der Waals surface area (Å²) < 4.78 is 0. The monoisotopic (exact) mass is 777 g/mol. The van der Waals surface area contributed by atoms with Crippen molar-refractivity contribution in [1.29, 1.82) is 0 Å². The molecule has 0 radical (unpaired) electrons. The van der Waals surface area contributed by atoms with Crippen LogP contribution in [0.3, 0.4) is 0 Å². The highest BCUT2D eigenvalue weighted by atomic mass is 16.4. The summed E-state index contributed by atoms with van der Waals surface area (Å²) in [5.74, 6) is -12.9. The normalized spacial score (nSPS) is 14.0. The van der Waals surface area contributed by atoms with Gasteiger partial charge >= 0.3 is 17.9 Å². The van der Waals surface area contributed by atoms with Crippen LogP contribution in [0.4, 0.5) is 0 Å². The Hall–Kier alpha value is -5.95. The summed E-state index contributed by atoms with van der Waals surface area (Å²) in [7, 11) is 0. The fourth-order valence-electron chi connectivity index (χ4n) is 3.87. The maximum Gasteiger partial charge on any atom is 0.328 e. The lowest BCUT2D eigenvalue weighted by atomic mass is 10.0. The quantitative estimate of drug-likeness (QED) is 0.0409. The Morgan fingerprint density at radius 2 is 1.00 bits per heavy atom. The molecule has 0 aromatic carbocycles. The predicted molar refractivity (Wildman–Crippen MR) is 178 cm³/mol. The van der Waals surface area contributed by atoms with Crippen molar-refractivity contribution in [2.24, 2.45) is 11.7 Å². The van der Waals surface area contributed by atoms with Gasteiger partial charge in [0.25, 0.3) is 0 Å². The summed E-state index contributed by atoms with van der Waals surface area (Å²) in [6, 6.07) is -9.16. The molecule has 25 nitrogen and oxygen atoms in total. The minimum Gasteiger partial charge on any atom is -0.481 e. The molecule has 0 saturated carbocycles. The van der Waals surface area contributed by atoms with Gasteiger partial charge in [-0.1, -0.05) is 13.8 Å². The molecule has 0 aliphatic carbocycles. The topological polar surface area (TPSA) is 411 Å². The Bertz CT molecular complexity index is 1410. The number of aliphatic hydroxyl groups is 2. The Kier molecular flexibility index (Phi) is 21.6. The van der Waals surface area contributed by atoms with Gasteiger partial charge in [-0.3, -0.25) is 47.9 Å². The highest BCUT2D eigenvalue weighted by Crippen LogP contribution is 2.03. The van der Waals surface area contributed by atoms with E-state index in [1.54, 1.807) is 13.8 Å². The van der Waals surface area contributed by atoms with E-state index in [2.05, 4.69) is 26.6 Å². The molecule has 54 heavy (non-hydrogen) atoms. The lowest BCUT2D eigenvalue weighted by Crippen LogP contribution is -2.58. The van der Waals surface area contributed by atoms with Crippen LogP contribution < -0.4 is 48.3 Å².